The largest absolute Gasteiger partial charge is 0.206 e. The van der Waals surface area contributed by atoms with Crippen LogP contribution in [0.5, 0.6) is 0 Å². The van der Waals surface area contributed by atoms with Gasteiger partial charge < -0.3 is 0 Å². The van der Waals surface area contributed by atoms with Crippen LogP contribution in [0.2, 0.25) is 5.02 Å². The predicted octanol–water partition coefficient (Wildman–Crippen LogP) is 5.33. The fourth-order valence-electron chi connectivity index (χ4n) is 1.87. The fraction of sp³-hybridized carbons (Fsp3) is 0.0667. The standard InChI is InChI=1S/C15H9Cl2FN2S/c16-10-6-7-11(12(18)8-10)14-19-20-15(21-14)13(17)9-4-2-1-3-5-9/h1-8,13H. The molecule has 0 saturated heterocycles. The maximum absolute atomic E-state index is 13.9. The Morgan fingerprint density at radius 2 is 1.81 bits per heavy atom. The molecule has 2 aromatic carbocycles. The van der Waals surface area contributed by atoms with Crippen molar-refractivity contribution in [1.29, 1.82) is 0 Å². The molecule has 3 aromatic rings. The summed E-state index contributed by atoms with van der Waals surface area (Å²) in [7, 11) is 0. The molecule has 3 rings (SSSR count). The first kappa shape index (κ1) is 14.4. The van der Waals surface area contributed by atoms with E-state index in [-0.39, 0.29) is 0 Å². The topological polar surface area (TPSA) is 25.8 Å². The van der Waals surface area contributed by atoms with Crippen molar-refractivity contribution in [3.05, 3.63) is 69.9 Å². The van der Waals surface area contributed by atoms with Crippen molar-refractivity contribution >= 4 is 34.5 Å². The van der Waals surface area contributed by atoms with Crippen molar-refractivity contribution in [3.8, 4) is 10.6 Å². The van der Waals surface area contributed by atoms with Gasteiger partial charge in [-0.25, -0.2) is 4.39 Å². The lowest BCUT2D eigenvalue weighted by Crippen LogP contribution is -1.91. The highest BCUT2D eigenvalue weighted by molar-refractivity contribution is 7.15. The molecular weight excluding hydrogens is 330 g/mol. The molecule has 6 heteroatoms. The molecule has 0 spiro atoms. The molecule has 0 saturated carbocycles. The minimum Gasteiger partial charge on any atom is -0.206 e. The number of aromatic nitrogens is 2. The number of halogens is 3. The molecule has 0 aliphatic carbocycles. The number of rotatable bonds is 3. The zero-order chi connectivity index (χ0) is 14.8. The highest BCUT2D eigenvalue weighted by Gasteiger charge is 2.18. The molecule has 1 unspecified atom stereocenters. The first-order chi connectivity index (χ1) is 10.1. The van der Waals surface area contributed by atoms with Crippen molar-refractivity contribution < 1.29 is 4.39 Å². The molecule has 1 heterocycles. The van der Waals surface area contributed by atoms with Crippen molar-refractivity contribution in [2.24, 2.45) is 0 Å². The summed E-state index contributed by atoms with van der Waals surface area (Å²) in [6.07, 6.45) is 0. The van der Waals surface area contributed by atoms with E-state index in [4.69, 9.17) is 23.2 Å². The average Bonchev–Trinajstić information content (AvgIpc) is 2.97. The van der Waals surface area contributed by atoms with E-state index < -0.39 is 11.2 Å². The zero-order valence-electron chi connectivity index (χ0n) is 10.6. The second kappa shape index (κ2) is 6.10. The molecule has 2 nitrogen and oxygen atoms in total. The van der Waals surface area contributed by atoms with Gasteiger partial charge in [0.05, 0.1) is 0 Å². The van der Waals surface area contributed by atoms with E-state index in [0.29, 0.717) is 20.6 Å². The first-order valence-corrected chi connectivity index (χ1v) is 7.76. The molecule has 0 aliphatic rings. The lowest BCUT2D eigenvalue weighted by atomic mass is 10.1. The summed E-state index contributed by atoms with van der Waals surface area (Å²) in [6.45, 7) is 0. The van der Waals surface area contributed by atoms with Crippen LogP contribution in [0.15, 0.2) is 48.5 Å². The normalized spacial score (nSPS) is 12.3. The van der Waals surface area contributed by atoms with E-state index >= 15 is 0 Å². The van der Waals surface area contributed by atoms with E-state index in [1.165, 1.54) is 17.4 Å². The molecule has 0 N–H and O–H groups in total. The fourth-order valence-corrected chi connectivity index (χ4v) is 3.23. The van der Waals surface area contributed by atoms with Gasteiger partial charge in [0, 0.05) is 10.6 Å². The number of alkyl halides is 1. The molecule has 0 bridgehead atoms. The quantitative estimate of drug-likeness (QED) is 0.603. The Labute approximate surface area is 135 Å². The minimum atomic E-state index is -0.420. The van der Waals surface area contributed by atoms with E-state index in [9.17, 15) is 4.39 Å². The summed E-state index contributed by atoms with van der Waals surface area (Å²) < 4.78 is 13.9. The van der Waals surface area contributed by atoms with Crippen LogP contribution in [0.4, 0.5) is 4.39 Å². The van der Waals surface area contributed by atoms with Gasteiger partial charge in [0.2, 0.25) is 0 Å². The van der Waals surface area contributed by atoms with Crippen molar-refractivity contribution in [2.75, 3.05) is 0 Å². The van der Waals surface area contributed by atoms with Crippen LogP contribution in [0.3, 0.4) is 0 Å². The Kier molecular flexibility index (Phi) is 4.19. The van der Waals surface area contributed by atoms with Gasteiger partial charge in [-0.2, -0.15) is 0 Å². The smallest absolute Gasteiger partial charge is 0.150 e. The van der Waals surface area contributed by atoms with Crippen LogP contribution >= 0.6 is 34.5 Å². The van der Waals surface area contributed by atoms with E-state index in [1.54, 1.807) is 12.1 Å². The van der Waals surface area contributed by atoms with E-state index in [2.05, 4.69) is 10.2 Å². The van der Waals surface area contributed by atoms with Crippen molar-refractivity contribution in [2.45, 2.75) is 5.38 Å². The van der Waals surface area contributed by atoms with Crippen molar-refractivity contribution in [1.82, 2.24) is 10.2 Å². The van der Waals surface area contributed by atoms with Gasteiger partial charge in [-0.1, -0.05) is 53.3 Å². The van der Waals surface area contributed by atoms with Crippen LogP contribution in [0, 0.1) is 5.82 Å². The predicted molar refractivity (Wildman–Crippen MR) is 84.5 cm³/mol. The first-order valence-electron chi connectivity index (χ1n) is 6.13. The summed E-state index contributed by atoms with van der Waals surface area (Å²) >= 11 is 13.4. The molecule has 21 heavy (non-hydrogen) atoms. The third-order valence-electron chi connectivity index (χ3n) is 2.91. The average molecular weight is 339 g/mol. The highest BCUT2D eigenvalue weighted by Crippen LogP contribution is 2.35. The summed E-state index contributed by atoms with van der Waals surface area (Å²) in [6, 6.07) is 14.0. The second-order valence-corrected chi connectivity index (χ2v) is 6.22. The van der Waals surface area contributed by atoms with Crippen molar-refractivity contribution in [3.63, 3.8) is 0 Å². The van der Waals surface area contributed by atoms with Crippen LogP contribution < -0.4 is 0 Å². The Bertz CT molecular complexity index is 761. The minimum absolute atomic E-state index is 0.348. The van der Waals surface area contributed by atoms with Crippen LogP contribution in [-0.2, 0) is 0 Å². The number of hydrogen-bond acceptors (Lipinski definition) is 3. The molecular formula is C15H9Cl2FN2S. The SMILES string of the molecule is Fc1cc(Cl)ccc1-c1nnc(C(Cl)c2ccccc2)s1. The lowest BCUT2D eigenvalue weighted by molar-refractivity contribution is 0.631. The molecule has 0 radical (unpaired) electrons. The lowest BCUT2D eigenvalue weighted by Gasteiger charge is -2.04. The molecule has 1 atom stereocenters. The van der Waals surface area contributed by atoms with Crippen LogP contribution in [0.25, 0.3) is 10.6 Å². The Hall–Kier alpha value is -1.49. The Morgan fingerprint density at radius 3 is 2.52 bits per heavy atom. The van der Waals surface area contributed by atoms with E-state index in [0.717, 1.165) is 5.56 Å². The molecule has 0 aliphatic heterocycles. The maximum atomic E-state index is 13.9. The van der Waals surface area contributed by atoms with Gasteiger partial charge >= 0.3 is 0 Å². The summed E-state index contributed by atoms with van der Waals surface area (Å²) in [5, 5.41) is 9.16. The third-order valence-corrected chi connectivity index (χ3v) is 4.76. The molecule has 1 aromatic heterocycles. The maximum Gasteiger partial charge on any atom is 0.150 e. The third kappa shape index (κ3) is 3.07. The van der Waals surface area contributed by atoms with E-state index in [1.807, 2.05) is 30.3 Å². The van der Waals surface area contributed by atoms with Gasteiger partial charge in [0.25, 0.3) is 0 Å². The Balaban J connectivity index is 1.93. The molecule has 106 valence electrons. The number of benzene rings is 2. The summed E-state index contributed by atoms with van der Waals surface area (Å²) in [5.74, 6) is -0.420. The van der Waals surface area contributed by atoms with Crippen LogP contribution in [-0.4, -0.2) is 10.2 Å². The van der Waals surface area contributed by atoms with Gasteiger partial charge in [-0.15, -0.1) is 21.8 Å². The number of hydrogen-bond donors (Lipinski definition) is 0. The van der Waals surface area contributed by atoms with Gasteiger partial charge in [-0.05, 0) is 23.8 Å². The molecule has 0 amide bonds. The second-order valence-electron chi connectivity index (χ2n) is 4.34. The van der Waals surface area contributed by atoms with Gasteiger partial charge in [0.15, 0.2) is 5.01 Å². The number of nitrogens with zero attached hydrogens (tertiary/aromatic N) is 2. The summed E-state index contributed by atoms with van der Waals surface area (Å²) in [4.78, 5) is 0. The van der Waals surface area contributed by atoms with Gasteiger partial charge in [0.1, 0.15) is 16.2 Å². The van der Waals surface area contributed by atoms with Crippen LogP contribution in [0.1, 0.15) is 15.9 Å². The Morgan fingerprint density at radius 1 is 1.05 bits per heavy atom. The molecule has 0 fully saturated rings. The highest BCUT2D eigenvalue weighted by atomic mass is 35.5. The summed E-state index contributed by atoms with van der Waals surface area (Å²) in [5.41, 5.74) is 1.30. The van der Waals surface area contributed by atoms with Gasteiger partial charge in [-0.3, -0.25) is 0 Å². The monoisotopic (exact) mass is 338 g/mol. The zero-order valence-corrected chi connectivity index (χ0v) is 13.0.